The molecule has 3 aromatic heterocycles. The van der Waals surface area contributed by atoms with Crippen LogP contribution in [-0.2, 0) is 27.8 Å². The van der Waals surface area contributed by atoms with Gasteiger partial charge in [-0.3, -0.25) is 33.9 Å². The number of piperidine rings is 4. The van der Waals surface area contributed by atoms with E-state index in [2.05, 4.69) is 32.2 Å². The zero-order valence-electron chi connectivity index (χ0n) is 46.5. The quantitative estimate of drug-likeness (QED) is 0.0996. The van der Waals surface area contributed by atoms with E-state index in [-0.39, 0.29) is 96.1 Å². The predicted molar refractivity (Wildman–Crippen MR) is 300 cm³/mol. The van der Waals surface area contributed by atoms with Gasteiger partial charge in [0, 0.05) is 63.0 Å². The number of amides is 3. The first kappa shape index (κ1) is 53.5. The van der Waals surface area contributed by atoms with Crippen LogP contribution in [0, 0.1) is 17.6 Å². The summed E-state index contributed by atoms with van der Waals surface area (Å²) >= 11 is 0. The number of anilines is 1. The number of aromatic nitrogens is 5. The molecule has 0 aliphatic carbocycles. The number of imidazole rings is 1. The van der Waals surface area contributed by atoms with Crippen LogP contribution in [0.25, 0.3) is 44.0 Å². The van der Waals surface area contributed by atoms with Crippen LogP contribution in [-0.4, -0.2) is 149 Å². The third-order valence-corrected chi connectivity index (χ3v) is 19.5. The fourth-order valence-electron chi connectivity index (χ4n) is 15.6. The first-order valence-corrected chi connectivity index (χ1v) is 29.4. The van der Waals surface area contributed by atoms with Crippen LogP contribution in [0.5, 0.6) is 11.8 Å². The van der Waals surface area contributed by atoms with Crippen molar-refractivity contribution in [2.75, 3.05) is 57.4 Å². The summed E-state index contributed by atoms with van der Waals surface area (Å²) in [6.07, 6.45) is 12.8. The number of carbonyl (C=O) groups excluding carboxylic acids is 3. The Morgan fingerprint density at radius 2 is 1.69 bits per heavy atom. The lowest BCUT2D eigenvalue weighted by molar-refractivity contribution is -0.135. The number of carbonyl (C=O) groups is 3. The van der Waals surface area contributed by atoms with Gasteiger partial charge in [-0.25, -0.2) is 18.4 Å². The van der Waals surface area contributed by atoms with Crippen molar-refractivity contribution in [2.24, 2.45) is 13.0 Å². The largest absolute Gasteiger partial charge is 0.508 e. The van der Waals surface area contributed by atoms with Crippen LogP contribution in [0.4, 0.5) is 19.4 Å². The number of aryl methyl sites for hydroxylation is 2. The van der Waals surface area contributed by atoms with Crippen molar-refractivity contribution in [3.8, 4) is 23.0 Å². The molecule has 10 heterocycles. The molecule has 428 valence electrons. The summed E-state index contributed by atoms with van der Waals surface area (Å²) in [5.74, 6) is -0.795. The van der Waals surface area contributed by atoms with Gasteiger partial charge in [-0.2, -0.15) is 9.97 Å². The molecule has 3 N–H and O–H groups in total. The first-order chi connectivity index (χ1) is 39.0. The molecule has 3 unspecified atom stereocenters. The lowest BCUT2D eigenvalue weighted by Crippen LogP contribution is -2.51. The number of aromatic hydroxyl groups is 1. The second-order valence-corrected chi connectivity index (χ2v) is 24.7. The maximum Gasteiger partial charge on any atom is 0.410 e. The molecule has 3 aromatic carbocycles. The van der Waals surface area contributed by atoms with Gasteiger partial charge in [0.2, 0.25) is 11.8 Å². The molecule has 18 nitrogen and oxygen atoms in total. The maximum absolute atomic E-state index is 17.3. The van der Waals surface area contributed by atoms with Crippen molar-refractivity contribution in [3.63, 3.8) is 0 Å². The molecule has 2 bridgehead atoms. The van der Waals surface area contributed by atoms with Gasteiger partial charge in [0.15, 0.2) is 5.82 Å². The Morgan fingerprint density at radius 1 is 0.901 bits per heavy atom. The average Bonchev–Trinajstić information content (AvgIpc) is 4.22. The number of halogens is 2. The van der Waals surface area contributed by atoms with E-state index in [1.54, 1.807) is 24.6 Å². The Kier molecular flexibility index (Phi) is 13.8. The number of aliphatic hydroxyl groups is 1. The topological polar surface area (TPSA) is 201 Å². The Labute approximate surface area is 468 Å². The van der Waals surface area contributed by atoms with Gasteiger partial charge in [-0.05, 0) is 181 Å². The smallest absolute Gasteiger partial charge is 0.410 e. The molecule has 0 radical (unpaired) electrons. The second kappa shape index (κ2) is 20.9. The number of fused-ring (bicyclic) bond motifs is 6. The molecule has 3 amide bonds. The van der Waals surface area contributed by atoms with E-state index in [1.807, 2.05) is 22.8 Å². The Morgan fingerprint density at radius 3 is 2.46 bits per heavy atom. The fraction of sp³-hybridized carbons (Fsp3) is 0.557. The maximum atomic E-state index is 17.3. The van der Waals surface area contributed by atoms with Crippen LogP contribution in [0.3, 0.4) is 0 Å². The Balaban J connectivity index is 0.646. The van der Waals surface area contributed by atoms with Crippen molar-refractivity contribution in [2.45, 2.75) is 151 Å². The number of hydrogen-bond donors (Lipinski definition) is 3. The number of phenols is 1. The van der Waals surface area contributed by atoms with E-state index < -0.39 is 29.2 Å². The molecule has 6 aromatic rings. The number of nitrogens with one attached hydrogen (secondary N) is 1. The highest BCUT2D eigenvalue weighted by Gasteiger charge is 2.51. The third kappa shape index (κ3) is 9.65. The van der Waals surface area contributed by atoms with E-state index in [0.29, 0.717) is 77.1 Å². The number of imide groups is 1. The first-order valence-electron chi connectivity index (χ1n) is 29.4. The summed E-state index contributed by atoms with van der Waals surface area (Å²) in [5.41, 5.74) is 1.58. The van der Waals surface area contributed by atoms with Gasteiger partial charge in [0.25, 0.3) is 0 Å². The van der Waals surface area contributed by atoms with Gasteiger partial charge in [0.1, 0.15) is 47.9 Å². The molecule has 7 fully saturated rings. The van der Waals surface area contributed by atoms with Crippen LogP contribution in [0.1, 0.15) is 127 Å². The van der Waals surface area contributed by atoms with Crippen LogP contribution in [0.2, 0.25) is 0 Å². The lowest BCUT2D eigenvalue weighted by Gasteiger charge is -2.41. The van der Waals surface area contributed by atoms with Crippen molar-refractivity contribution in [3.05, 3.63) is 81.9 Å². The molecular formula is C61H72F2N10O8. The van der Waals surface area contributed by atoms with Crippen molar-refractivity contribution >= 4 is 56.4 Å². The zero-order valence-corrected chi connectivity index (χ0v) is 46.5. The van der Waals surface area contributed by atoms with Gasteiger partial charge in [0.05, 0.1) is 27.6 Å². The molecular weight excluding hydrogens is 1040 g/mol. The highest BCUT2D eigenvalue weighted by Crippen LogP contribution is 2.46. The molecule has 7 saturated heterocycles. The number of ether oxygens (including phenoxy) is 2. The number of phenolic OH excluding ortho intramolecular Hbond substituents is 1. The summed E-state index contributed by atoms with van der Waals surface area (Å²) in [6.45, 7) is 8.74. The van der Waals surface area contributed by atoms with E-state index >= 15 is 8.78 Å². The van der Waals surface area contributed by atoms with E-state index in [4.69, 9.17) is 19.4 Å². The number of benzene rings is 3. The predicted octanol–water partition coefficient (Wildman–Crippen LogP) is 8.01. The van der Waals surface area contributed by atoms with Crippen molar-refractivity contribution in [1.29, 1.82) is 0 Å². The van der Waals surface area contributed by atoms with Gasteiger partial charge in [-0.15, -0.1) is 0 Å². The number of β-amino-alcohol motifs (C(OH)–C–C–N with tert-alkyl or cyclic N) is 1. The number of nitrogens with zero attached hydrogens (tertiary/aromatic N) is 9. The molecule has 81 heavy (non-hydrogen) atoms. The second-order valence-electron chi connectivity index (χ2n) is 24.7. The Hall–Kier alpha value is -6.77. The SMILES string of the molecule is CCc1c(F)ccc2cc(O)cc(-c3ncc4c(N5CCC[C@@](C)(O)C5)nc(OC[C@@]56CCCN5[C@H](COC(=O)N5C7CCC5CC(CN5CCC(c8ccc9c(c8)n(C)c(=O)n9C8CCC(=O)NC8=O)CC5)C7)CC6)nc4c3F)c12. The van der Waals surface area contributed by atoms with Crippen LogP contribution >= 0.6 is 0 Å². The normalized spacial score (nSPS) is 27.5. The molecule has 20 heteroatoms. The van der Waals surface area contributed by atoms with E-state index in [9.17, 15) is 29.4 Å². The zero-order chi connectivity index (χ0) is 56.1. The minimum Gasteiger partial charge on any atom is -0.508 e. The average molecular weight is 1110 g/mol. The van der Waals surface area contributed by atoms with Gasteiger partial charge in [-0.1, -0.05) is 19.1 Å². The summed E-state index contributed by atoms with van der Waals surface area (Å²) < 4.78 is 48.6. The van der Waals surface area contributed by atoms with Gasteiger partial charge < -0.3 is 34.4 Å². The molecule has 0 spiro atoms. The highest BCUT2D eigenvalue weighted by molar-refractivity contribution is 6.02. The third-order valence-electron chi connectivity index (χ3n) is 19.5. The lowest BCUT2D eigenvalue weighted by atomic mass is 9.87. The minimum absolute atomic E-state index is 0.00935. The molecule has 13 rings (SSSR count). The van der Waals surface area contributed by atoms with E-state index in [1.165, 1.54) is 34.5 Å². The molecule has 7 aliphatic rings. The van der Waals surface area contributed by atoms with E-state index in [0.717, 1.165) is 95.9 Å². The summed E-state index contributed by atoms with van der Waals surface area (Å²) in [6, 6.07) is 11.6. The molecule has 6 atom stereocenters. The number of pyridine rings is 1. The standard InChI is InChI=1S/C61H72F2N10O8/c1-4-43-46(62)11-7-38-27-42(74)29-44(51(38)43)53-52(63)54-45(30-64-53)55(70-21-5-18-60(2,79)33-70)67-57(66-54)81-34-61-19-6-22-71(61)41(15-20-61)32-80-59(78)72-39-9-10-40(72)26-35(25-39)31-69-23-16-36(17-24-69)37-8-12-47-49(28-37)68(3)58(77)73(47)48-13-14-50(75)65-56(48)76/h7-8,11-12,27-30,35-36,39-41,48,74,79H,4-6,9-10,13-26,31-34H2,1-3H3,(H,65,75,76)/t35?,39?,40?,41-,48?,60+,61-/m0/s1. The minimum atomic E-state index is -1.00. The summed E-state index contributed by atoms with van der Waals surface area (Å²) in [5, 5.41) is 25.7. The fourth-order valence-corrected chi connectivity index (χ4v) is 15.6. The summed E-state index contributed by atoms with van der Waals surface area (Å²) in [7, 11) is 1.74. The summed E-state index contributed by atoms with van der Waals surface area (Å²) in [4.78, 5) is 75.2. The van der Waals surface area contributed by atoms with Crippen LogP contribution < -0.4 is 20.6 Å². The highest BCUT2D eigenvalue weighted by atomic mass is 19.1. The van der Waals surface area contributed by atoms with Gasteiger partial charge >= 0.3 is 17.8 Å². The number of likely N-dealkylation sites (tertiary alicyclic amines) is 1. The number of rotatable bonds is 12. The molecule has 0 saturated carbocycles. The van der Waals surface area contributed by atoms with Crippen LogP contribution in [0.15, 0.2) is 53.5 Å². The van der Waals surface area contributed by atoms with Crippen molar-refractivity contribution < 1.29 is 42.9 Å². The Bertz CT molecular complexity index is 3550. The van der Waals surface area contributed by atoms with Crippen molar-refractivity contribution in [1.82, 2.24) is 44.1 Å². The number of hydrogen-bond acceptors (Lipinski definition) is 14. The molecule has 7 aliphatic heterocycles. The monoisotopic (exact) mass is 1110 g/mol.